The Morgan fingerprint density at radius 3 is 2.56 bits per heavy atom. The zero-order valence-corrected chi connectivity index (χ0v) is 16.9. The molecule has 0 unspecified atom stereocenters. The zero-order valence-electron chi connectivity index (χ0n) is 16.1. The van der Waals surface area contributed by atoms with Crippen molar-refractivity contribution in [2.75, 3.05) is 0 Å². The van der Waals surface area contributed by atoms with Crippen LogP contribution in [0.2, 0.25) is 0 Å². The van der Waals surface area contributed by atoms with Gasteiger partial charge in [-0.3, -0.25) is 4.79 Å². The van der Waals surface area contributed by atoms with E-state index in [1.807, 2.05) is 12.1 Å². The molecule has 0 spiro atoms. The molecule has 1 aliphatic rings. The van der Waals surface area contributed by atoms with Gasteiger partial charge in [-0.2, -0.15) is 0 Å². The molecule has 1 atom stereocenters. The van der Waals surface area contributed by atoms with Crippen LogP contribution >= 0.6 is 11.3 Å². The van der Waals surface area contributed by atoms with Gasteiger partial charge in [0.05, 0.1) is 5.69 Å². The van der Waals surface area contributed by atoms with E-state index < -0.39 is 12.1 Å². The van der Waals surface area contributed by atoms with Crippen molar-refractivity contribution in [2.24, 2.45) is 0 Å². The number of carbonyl (C=O) groups is 2. The maximum Gasteiger partial charge on any atom is 0.351 e. The molecular weight excluding hydrogens is 360 g/mol. The minimum absolute atomic E-state index is 0.210. The topological polar surface area (TPSA) is 68.3 Å². The molecule has 1 heterocycles. The fourth-order valence-electron chi connectivity index (χ4n) is 3.25. The molecule has 1 amide bonds. The lowest BCUT2D eigenvalue weighted by Gasteiger charge is -2.16. The van der Waals surface area contributed by atoms with Gasteiger partial charge in [-0.25, -0.2) is 9.78 Å². The Kier molecular flexibility index (Phi) is 6.26. The Labute approximate surface area is 164 Å². The van der Waals surface area contributed by atoms with Crippen LogP contribution < -0.4 is 5.32 Å². The number of rotatable bonds is 6. The minimum atomic E-state index is -0.813. The second-order valence-corrected chi connectivity index (χ2v) is 8.02. The third-order valence-electron chi connectivity index (χ3n) is 4.95. The SMILES string of the molecule is CCc1ccc(-c2nc(C)c(C(=O)O[C@H](C)C(=O)NC3CCCC3)s2)cc1. The summed E-state index contributed by atoms with van der Waals surface area (Å²) in [6, 6.07) is 8.38. The number of carbonyl (C=O) groups excluding carboxylic acids is 2. The summed E-state index contributed by atoms with van der Waals surface area (Å²) in [7, 11) is 0. The summed E-state index contributed by atoms with van der Waals surface area (Å²) in [6.07, 6.45) is 4.45. The van der Waals surface area contributed by atoms with Crippen LogP contribution in [0.5, 0.6) is 0 Å². The third-order valence-corrected chi connectivity index (χ3v) is 6.13. The zero-order chi connectivity index (χ0) is 19.4. The minimum Gasteiger partial charge on any atom is -0.448 e. The van der Waals surface area contributed by atoms with E-state index in [9.17, 15) is 9.59 Å². The van der Waals surface area contributed by atoms with Crippen LogP contribution in [-0.2, 0) is 16.0 Å². The summed E-state index contributed by atoms with van der Waals surface area (Å²) in [5, 5.41) is 3.75. The summed E-state index contributed by atoms with van der Waals surface area (Å²) in [6.45, 7) is 5.52. The molecule has 1 N–H and O–H groups in total. The highest BCUT2D eigenvalue weighted by atomic mass is 32.1. The molecule has 1 saturated carbocycles. The molecule has 1 fully saturated rings. The van der Waals surface area contributed by atoms with Crippen LogP contribution in [-0.4, -0.2) is 29.0 Å². The largest absolute Gasteiger partial charge is 0.448 e. The Hall–Kier alpha value is -2.21. The van der Waals surface area contributed by atoms with E-state index in [2.05, 4.69) is 29.4 Å². The monoisotopic (exact) mass is 386 g/mol. The van der Waals surface area contributed by atoms with Gasteiger partial charge >= 0.3 is 5.97 Å². The molecule has 0 saturated heterocycles. The summed E-state index contributed by atoms with van der Waals surface area (Å²) in [5.41, 5.74) is 2.86. The van der Waals surface area contributed by atoms with Gasteiger partial charge < -0.3 is 10.1 Å². The maximum atomic E-state index is 12.5. The molecule has 1 aliphatic carbocycles. The van der Waals surface area contributed by atoms with Crippen molar-refractivity contribution in [3.8, 4) is 10.6 Å². The first-order chi connectivity index (χ1) is 13.0. The Morgan fingerprint density at radius 2 is 1.93 bits per heavy atom. The van der Waals surface area contributed by atoms with Crippen LogP contribution in [0, 0.1) is 6.92 Å². The fraction of sp³-hybridized carbons (Fsp3) is 0.476. The summed E-state index contributed by atoms with van der Waals surface area (Å²) in [4.78, 5) is 29.7. The summed E-state index contributed by atoms with van der Waals surface area (Å²) in [5.74, 6) is -0.719. The lowest BCUT2D eigenvalue weighted by Crippen LogP contribution is -2.40. The number of hydrogen-bond donors (Lipinski definition) is 1. The van der Waals surface area contributed by atoms with Crippen molar-refractivity contribution in [1.82, 2.24) is 10.3 Å². The lowest BCUT2D eigenvalue weighted by molar-refractivity contribution is -0.129. The number of ether oxygens (including phenoxy) is 1. The van der Waals surface area contributed by atoms with Gasteiger partial charge in [0.1, 0.15) is 9.88 Å². The van der Waals surface area contributed by atoms with Gasteiger partial charge in [-0.05, 0) is 38.7 Å². The molecule has 0 aliphatic heterocycles. The van der Waals surface area contributed by atoms with Crippen molar-refractivity contribution in [3.05, 3.63) is 40.4 Å². The van der Waals surface area contributed by atoms with Crippen LogP contribution in [0.15, 0.2) is 24.3 Å². The van der Waals surface area contributed by atoms with Gasteiger partial charge in [0, 0.05) is 11.6 Å². The normalized spacial score (nSPS) is 15.5. The second kappa shape index (κ2) is 8.65. The van der Waals surface area contributed by atoms with Crippen LogP contribution in [0.25, 0.3) is 10.6 Å². The molecular formula is C21H26N2O3S. The number of aryl methyl sites for hydroxylation is 2. The first-order valence-electron chi connectivity index (χ1n) is 9.56. The number of amides is 1. The molecule has 0 radical (unpaired) electrons. The summed E-state index contributed by atoms with van der Waals surface area (Å²) < 4.78 is 5.39. The number of hydrogen-bond acceptors (Lipinski definition) is 5. The molecule has 3 rings (SSSR count). The molecule has 27 heavy (non-hydrogen) atoms. The molecule has 1 aromatic carbocycles. The van der Waals surface area contributed by atoms with E-state index >= 15 is 0 Å². The number of esters is 1. The highest BCUT2D eigenvalue weighted by molar-refractivity contribution is 7.17. The van der Waals surface area contributed by atoms with Crippen molar-refractivity contribution in [2.45, 2.75) is 65.0 Å². The Balaban J connectivity index is 1.65. The molecule has 1 aromatic heterocycles. The quantitative estimate of drug-likeness (QED) is 0.752. The molecule has 5 nitrogen and oxygen atoms in total. The van der Waals surface area contributed by atoms with Crippen LogP contribution in [0.3, 0.4) is 0 Å². The predicted octanol–water partition coefficient (Wildman–Crippen LogP) is 4.29. The fourth-order valence-corrected chi connectivity index (χ4v) is 4.20. The predicted molar refractivity (Wildman–Crippen MR) is 107 cm³/mol. The van der Waals surface area contributed by atoms with E-state index in [0.717, 1.165) is 42.7 Å². The Morgan fingerprint density at radius 1 is 1.26 bits per heavy atom. The van der Waals surface area contributed by atoms with E-state index in [0.29, 0.717) is 10.6 Å². The second-order valence-electron chi connectivity index (χ2n) is 7.02. The average molecular weight is 387 g/mol. The summed E-state index contributed by atoms with van der Waals surface area (Å²) >= 11 is 1.30. The van der Waals surface area contributed by atoms with Gasteiger partial charge in [0.15, 0.2) is 6.10 Å². The van der Waals surface area contributed by atoms with Gasteiger partial charge in [0.25, 0.3) is 5.91 Å². The van der Waals surface area contributed by atoms with Crippen LogP contribution in [0.4, 0.5) is 0 Å². The molecule has 6 heteroatoms. The lowest BCUT2D eigenvalue weighted by atomic mass is 10.1. The first-order valence-corrected chi connectivity index (χ1v) is 10.4. The highest BCUT2D eigenvalue weighted by Crippen LogP contribution is 2.29. The van der Waals surface area contributed by atoms with E-state index in [-0.39, 0.29) is 11.9 Å². The number of aromatic nitrogens is 1. The van der Waals surface area contributed by atoms with Gasteiger partial charge in [0.2, 0.25) is 0 Å². The average Bonchev–Trinajstić information content (AvgIpc) is 3.31. The molecule has 144 valence electrons. The maximum absolute atomic E-state index is 12.5. The molecule has 0 bridgehead atoms. The van der Waals surface area contributed by atoms with E-state index in [4.69, 9.17) is 4.74 Å². The van der Waals surface area contributed by atoms with E-state index in [1.165, 1.54) is 16.9 Å². The molecule has 2 aromatic rings. The van der Waals surface area contributed by atoms with Crippen molar-refractivity contribution in [1.29, 1.82) is 0 Å². The highest BCUT2D eigenvalue weighted by Gasteiger charge is 2.25. The van der Waals surface area contributed by atoms with Gasteiger partial charge in [-0.1, -0.05) is 44.0 Å². The van der Waals surface area contributed by atoms with E-state index in [1.54, 1.807) is 13.8 Å². The third kappa shape index (κ3) is 4.75. The Bertz CT molecular complexity index is 807. The number of benzene rings is 1. The number of thiazole rings is 1. The first kappa shape index (κ1) is 19.5. The number of nitrogens with zero attached hydrogens (tertiary/aromatic N) is 1. The van der Waals surface area contributed by atoms with Crippen molar-refractivity contribution in [3.63, 3.8) is 0 Å². The standard InChI is InChI=1S/C21H26N2O3S/c1-4-15-9-11-16(12-10-15)20-22-13(2)18(27-20)21(25)26-14(3)19(24)23-17-7-5-6-8-17/h9-12,14,17H,4-8H2,1-3H3,(H,23,24)/t14-/m1/s1. The van der Waals surface area contributed by atoms with Crippen LogP contribution in [0.1, 0.15) is 60.5 Å². The van der Waals surface area contributed by atoms with Crippen molar-refractivity contribution < 1.29 is 14.3 Å². The smallest absolute Gasteiger partial charge is 0.351 e. The number of nitrogens with one attached hydrogen (secondary N) is 1. The van der Waals surface area contributed by atoms with Crippen molar-refractivity contribution >= 4 is 23.2 Å². The van der Waals surface area contributed by atoms with Gasteiger partial charge in [-0.15, -0.1) is 11.3 Å².